The monoisotopic (exact) mass is 627 g/mol. The smallest absolute Gasteiger partial charge is 0.322 e. The Morgan fingerprint density at radius 3 is 2.25 bits per heavy atom. The molecule has 0 radical (unpaired) electrons. The molecule has 1 unspecified atom stereocenters. The van der Waals surface area contributed by atoms with Crippen LogP contribution in [0.25, 0.3) is 0 Å². The van der Waals surface area contributed by atoms with Crippen LogP contribution in [0.1, 0.15) is 94.3 Å². The number of furan rings is 1. The molecule has 3 rings (SSSR count). The fourth-order valence-electron chi connectivity index (χ4n) is 4.12. The molecule has 242 valence electrons. The van der Waals surface area contributed by atoms with Crippen LogP contribution in [-0.2, 0) is 11.2 Å². The van der Waals surface area contributed by atoms with Gasteiger partial charge < -0.3 is 19.4 Å². The van der Waals surface area contributed by atoms with Crippen molar-refractivity contribution in [2.75, 3.05) is 21.2 Å². The number of aryl methyl sites for hydroxylation is 2. The van der Waals surface area contributed by atoms with E-state index in [1.165, 1.54) is 11.9 Å². The molecule has 4 N–H and O–H groups in total. The second-order valence-electron chi connectivity index (χ2n) is 9.65. The van der Waals surface area contributed by atoms with Gasteiger partial charge in [-0.1, -0.05) is 71.7 Å². The van der Waals surface area contributed by atoms with Crippen LogP contribution in [0.3, 0.4) is 0 Å². The Bertz CT molecular complexity index is 1350. The second kappa shape index (κ2) is 19.4. The SMILES string of the molecule is CC.CCC(=Nc1cc(C2NC(=O)NC2=O)oc1CC)/C(=C/C=C(\CC)SN)CC.COc1ccc(C)c(C(=O)N(C)C)c1. The number of rotatable bonds is 11. The van der Waals surface area contributed by atoms with Gasteiger partial charge in [0.05, 0.1) is 7.11 Å². The average molecular weight is 628 g/mol. The Balaban J connectivity index is 0.000000507. The number of benzene rings is 1. The molecular weight excluding hydrogens is 578 g/mol. The summed E-state index contributed by atoms with van der Waals surface area (Å²) in [5, 5.41) is 10.5. The third-order valence-corrected chi connectivity index (χ3v) is 7.31. The van der Waals surface area contributed by atoms with Gasteiger partial charge in [0, 0.05) is 37.9 Å². The van der Waals surface area contributed by atoms with Crippen molar-refractivity contribution in [1.29, 1.82) is 0 Å². The van der Waals surface area contributed by atoms with Crippen molar-refractivity contribution in [1.82, 2.24) is 15.5 Å². The standard InChI is InChI=1S/C20H28N4O3S.C11H15NO2.C2H6/c1-5-12(9-10-13(6-2)28-21)14(7-3)22-15-11-17(27-16(15)8-4)18-19(25)24-20(26)23-18;1-8-5-6-9(14-4)7-10(8)11(13)12(2)3;1-2/h9-11,18H,5-8,21H2,1-4H3,(H2,23,24,25,26);5-7H,1-4H3;1-2H3/b12-9+,13-10+,22-14?;;. The lowest BCUT2D eigenvalue weighted by atomic mass is 10.0. The van der Waals surface area contributed by atoms with Gasteiger partial charge in [0.25, 0.3) is 11.8 Å². The number of carbonyl (C=O) groups excluding carboxylic acids is 3. The summed E-state index contributed by atoms with van der Waals surface area (Å²) in [6.45, 7) is 14.1. The highest BCUT2D eigenvalue weighted by molar-refractivity contribution is 8.00. The Labute approximate surface area is 266 Å². The fourth-order valence-corrected chi connectivity index (χ4v) is 4.43. The van der Waals surface area contributed by atoms with Crippen LogP contribution >= 0.6 is 11.9 Å². The Morgan fingerprint density at radius 1 is 1.09 bits per heavy atom. The van der Waals surface area contributed by atoms with E-state index >= 15 is 0 Å². The molecule has 10 nitrogen and oxygen atoms in total. The number of amides is 4. The van der Waals surface area contributed by atoms with E-state index in [2.05, 4.69) is 37.5 Å². The predicted molar refractivity (Wildman–Crippen MR) is 181 cm³/mol. The molecule has 1 fully saturated rings. The number of carbonyl (C=O) groups is 3. The highest BCUT2D eigenvalue weighted by Gasteiger charge is 2.34. The molecule has 0 saturated carbocycles. The van der Waals surface area contributed by atoms with E-state index in [9.17, 15) is 14.4 Å². The van der Waals surface area contributed by atoms with Crippen LogP contribution in [0, 0.1) is 6.92 Å². The number of hydrogen-bond donors (Lipinski definition) is 3. The summed E-state index contributed by atoms with van der Waals surface area (Å²) in [7, 11) is 5.07. The lowest BCUT2D eigenvalue weighted by molar-refractivity contribution is -0.120. The second-order valence-corrected chi connectivity index (χ2v) is 10.4. The van der Waals surface area contributed by atoms with Gasteiger partial charge in [-0.25, -0.2) is 9.79 Å². The lowest BCUT2D eigenvalue weighted by Crippen LogP contribution is -2.22. The molecule has 0 bridgehead atoms. The number of nitrogens with two attached hydrogens (primary N) is 1. The van der Waals surface area contributed by atoms with Crippen LogP contribution in [-0.4, -0.2) is 49.7 Å². The Kier molecular flexibility index (Phi) is 16.9. The zero-order valence-electron chi connectivity index (χ0n) is 27.8. The molecule has 0 aliphatic carbocycles. The highest BCUT2D eigenvalue weighted by Crippen LogP contribution is 2.31. The number of imide groups is 1. The van der Waals surface area contributed by atoms with E-state index in [0.29, 0.717) is 34.9 Å². The molecule has 1 atom stereocenters. The fraction of sp³-hybridized carbons (Fsp3) is 0.455. The summed E-state index contributed by atoms with van der Waals surface area (Å²) in [5.74, 6) is 1.37. The topological polar surface area (TPSA) is 139 Å². The number of allylic oxidation sites excluding steroid dienone is 4. The van der Waals surface area contributed by atoms with Crippen molar-refractivity contribution in [3.05, 3.63) is 69.5 Å². The molecule has 0 spiro atoms. The van der Waals surface area contributed by atoms with Crippen LogP contribution in [0.15, 0.2) is 56.3 Å². The van der Waals surface area contributed by atoms with Gasteiger partial charge >= 0.3 is 6.03 Å². The first-order valence-corrected chi connectivity index (χ1v) is 15.9. The molecule has 1 aliphatic heterocycles. The van der Waals surface area contributed by atoms with Gasteiger partial charge in [-0.15, -0.1) is 0 Å². The van der Waals surface area contributed by atoms with Gasteiger partial charge in [-0.2, -0.15) is 0 Å². The van der Waals surface area contributed by atoms with Crippen LogP contribution in [0.4, 0.5) is 10.5 Å². The van der Waals surface area contributed by atoms with Crippen molar-refractivity contribution in [3.63, 3.8) is 0 Å². The lowest BCUT2D eigenvalue weighted by Gasteiger charge is -2.13. The molecule has 44 heavy (non-hydrogen) atoms. The molecule has 11 heteroatoms. The molecule has 2 aromatic rings. The Morgan fingerprint density at radius 2 is 1.77 bits per heavy atom. The quantitative estimate of drug-likeness (QED) is 0.104. The molecule has 1 aliphatic rings. The Hall–Kier alpha value is -3.83. The van der Waals surface area contributed by atoms with Crippen molar-refractivity contribution in [2.24, 2.45) is 10.1 Å². The largest absolute Gasteiger partial charge is 0.497 e. The summed E-state index contributed by atoms with van der Waals surface area (Å²) >= 11 is 1.26. The summed E-state index contributed by atoms with van der Waals surface area (Å²) in [5.41, 5.74) is 4.42. The first kappa shape index (κ1) is 38.2. The minimum atomic E-state index is -0.815. The van der Waals surface area contributed by atoms with Crippen molar-refractivity contribution in [2.45, 2.75) is 80.2 Å². The number of methoxy groups -OCH3 is 1. The minimum absolute atomic E-state index is 0.00130. The number of urea groups is 1. The zero-order valence-corrected chi connectivity index (χ0v) is 28.6. The van der Waals surface area contributed by atoms with Gasteiger partial charge in [0.1, 0.15) is 23.0 Å². The van der Waals surface area contributed by atoms with Gasteiger partial charge in [-0.05, 0) is 54.4 Å². The van der Waals surface area contributed by atoms with E-state index in [4.69, 9.17) is 19.3 Å². The van der Waals surface area contributed by atoms with Crippen molar-refractivity contribution in [3.8, 4) is 5.75 Å². The number of ether oxygens (including phenoxy) is 1. The van der Waals surface area contributed by atoms with E-state index in [1.54, 1.807) is 38.2 Å². The first-order valence-electron chi connectivity index (χ1n) is 15.0. The number of aliphatic imine (C=N–C) groups is 1. The molecule has 1 aromatic carbocycles. The van der Waals surface area contributed by atoms with Crippen LogP contribution < -0.4 is 20.5 Å². The maximum Gasteiger partial charge on any atom is 0.322 e. The normalized spacial score (nSPS) is 15.0. The van der Waals surface area contributed by atoms with Crippen LogP contribution in [0.5, 0.6) is 5.75 Å². The number of hydrogen-bond acceptors (Lipinski definition) is 8. The maximum absolute atomic E-state index is 11.9. The van der Waals surface area contributed by atoms with Crippen LogP contribution in [0.2, 0.25) is 0 Å². The highest BCUT2D eigenvalue weighted by atomic mass is 32.2. The molecule has 1 aromatic heterocycles. The summed E-state index contributed by atoms with van der Waals surface area (Å²) < 4.78 is 10.9. The molecule has 1 saturated heterocycles. The summed E-state index contributed by atoms with van der Waals surface area (Å²) in [4.78, 5) is 42.5. The minimum Gasteiger partial charge on any atom is -0.497 e. The predicted octanol–water partition coefficient (Wildman–Crippen LogP) is 7.17. The summed E-state index contributed by atoms with van der Waals surface area (Å²) in [6.07, 6.45) is 7.21. The van der Waals surface area contributed by atoms with Gasteiger partial charge in [-0.3, -0.25) is 20.0 Å². The van der Waals surface area contributed by atoms with Gasteiger partial charge in [0.15, 0.2) is 6.04 Å². The third kappa shape index (κ3) is 10.7. The number of nitrogens with one attached hydrogen (secondary N) is 2. The van der Waals surface area contributed by atoms with E-state index in [-0.39, 0.29) is 5.91 Å². The average Bonchev–Trinajstić information content (AvgIpc) is 3.60. The van der Waals surface area contributed by atoms with E-state index < -0.39 is 18.0 Å². The van der Waals surface area contributed by atoms with Gasteiger partial charge in [0.2, 0.25) is 0 Å². The first-order chi connectivity index (χ1) is 21.0. The molecule has 2 heterocycles. The van der Waals surface area contributed by atoms with Crippen molar-refractivity contribution < 1.29 is 23.5 Å². The molecule has 4 amide bonds. The zero-order chi connectivity index (χ0) is 33.4. The van der Waals surface area contributed by atoms with Crippen molar-refractivity contribution >= 4 is 41.2 Å². The molecular formula is C33H49N5O5S. The third-order valence-electron chi connectivity index (χ3n) is 6.58. The maximum atomic E-state index is 11.9. The van der Waals surface area contributed by atoms with E-state index in [0.717, 1.165) is 41.0 Å². The van der Waals surface area contributed by atoms with E-state index in [1.807, 2.05) is 45.9 Å². The summed E-state index contributed by atoms with van der Waals surface area (Å²) in [6, 6.07) is 5.90. The number of nitrogens with zero attached hydrogens (tertiary/aromatic N) is 2.